The summed E-state index contributed by atoms with van der Waals surface area (Å²) in [5.74, 6) is -0.881. The van der Waals surface area contributed by atoms with Crippen LogP contribution in [0.3, 0.4) is 0 Å². The number of hydrogen-bond donors (Lipinski definition) is 2. The van der Waals surface area contributed by atoms with Crippen LogP contribution in [0.5, 0.6) is 0 Å². The van der Waals surface area contributed by atoms with E-state index in [-0.39, 0.29) is 49.7 Å². The van der Waals surface area contributed by atoms with E-state index in [4.69, 9.17) is 0 Å². The molecule has 33 heavy (non-hydrogen) atoms. The summed E-state index contributed by atoms with van der Waals surface area (Å²) in [6.07, 6.45) is 1.68. The van der Waals surface area contributed by atoms with Crippen LogP contribution in [0.2, 0.25) is 0 Å². The van der Waals surface area contributed by atoms with Crippen LogP contribution < -0.4 is 10.6 Å². The van der Waals surface area contributed by atoms with E-state index < -0.39 is 6.04 Å². The zero-order valence-electron chi connectivity index (χ0n) is 18.3. The van der Waals surface area contributed by atoms with Crippen molar-refractivity contribution in [2.24, 2.45) is 0 Å². The van der Waals surface area contributed by atoms with Gasteiger partial charge in [0.05, 0.1) is 23.9 Å². The van der Waals surface area contributed by atoms with E-state index in [0.717, 1.165) is 11.1 Å². The number of amides is 4. The van der Waals surface area contributed by atoms with Crippen molar-refractivity contribution in [3.8, 4) is 0 Å². The predicted octanol–water partition coefficient (Wildman–Crippen LogP) is 3.51. The lowest BCUT2D eigenvalue weighted by atomic mass is 9.95. The van der Waals surface area contributed by atoms with Crippen molar-refractivity contribution in [3.05, 3.63) is 89.4 Å². The summed E-state index contributed by atoms with van der Waals surface area (Å²) in [7, 11) is 0. The summed E-state index contributed by atoms with van der Waals surface area (Å²) in [5.41, 5.74) is 3.53. The van der Waals surface area contributed by atoms with Crippen LogP contribution >= 0.6 is 0 Å². The van der Waals surface area contributed by atoms with Gasteiger partial charge >= 0.3 is 6.03 Å². The molecular weight excluding hydrogens is 423 g/mol. The van der Waals surface area contributed by atoms with Gasteiger partial charge in [0.2, 0.25) is 5.91 Å². The Balaban J connectivity index is 1.50. The molecule has 2 N–H and O–H groups in total. The van der Waals surface area contributed by atoms with E-state index in [9.17, 15) is 18.8 Å². The van der Waals surface area contributed by atoms with Gasteiger partial charge in [-0.15, -0.1) is 6.58 Å². The lowest BCUT2D eigenvalue weighted by Gasteiger charge is -2.33. The first kappa shape index (κ1) is 22.3. The number of rotatable bonds is 7. The number of nitrogens with zero attached hydrogens (tertiary/aromatic N) is 2. The Morgan fingerprint density at radius 1 is 1.18 bits per heavy atom. The maximum absolute atomic E-state index is 13.3. The fourth-order valence-electron chi connectivity index (χ4n) is 4.05. The van der Waals surface area contributed by atoms with Crippen molar-refractivity contribution in [3.63, 3.8) is 0 Å². The zero-order chi connectivity index (χ0) is 23.5. The van der Waals surface area contributed by atoms with Crippen LogP contribution in [0.1, 0.15) is 23.6 Å². The Hall–Kier alpha value is -3.94. The Morgan fingerprint density at radius 3 is 2.55 bits per heavy atom. The van der Waals surface area contributed by atoms with Crippen molar-refractivity contribution in [2.45, 2.75) is 19.4 Å². The van der Waals surface area contributed by atoms with Crippen LogP contribution in [0.15, 0.2) is 72.5 Å². The van der Waals surface area contributed by atoms with Gasteiger partial charge in [0, 0.05) is 25.2 Å². The van der Waals surface area contributed by atoms with Crippen molar-refractivity contribution in [1.82, 2.24) is 15.1 Å². The maximum Gasteiger partial charge on any atom is 0.322 e. The minimum Gasteiger partial charge on any atom is -0.332 e. The van der Waals surface area contributed by atoms with Crippen molar-refractivity contribution >= 4 is 23.5 Å². The average Bonchev–Trinajstić information content (AvgIpc) is 3.12. The first-order chi connectivity index (χ1) is 15.9. The summed E-state index contributed by atoms with van der Waals surface area (Å²) in [5, 5.41) is 5.63. The summed E-state index contributed by atoms with van der Waals surface area (Å²) in [4.78, 5) is 41.6. The Bertz CT molecular complexity index is 1130. The quantitative estimate of drug-likeness (QED) is 0.636. The molecule has 0 unspecified atom stereocenters. The molecule has 0 aromatic heterocycles. The highest BCUT2D eigenvalue weighted by molar-refractivity contribution is 6.02. The van der Waals surface area contributed by atoms with Crippen LogP contribution in [0.25, 0.3) is 0 Å². The second-order valence-corrected chi connectivity index (χ2v) is 8.08. The number of urea groups is 1. The minimum absolute atomic E-state index is 0.0711. The number of benzene rings is 2. The smallest absolute Gasteiger partial charge is 0.322 e. The fraction of sp³-hybridized carbons (Fsp3) is 0.240. The number of carbonyl (C=O) groups excluding carboxylic acids is 3. The van der Waals surface area contributed by atoms with Crippen LogP contribution in [-0.2, 0) is 9.59 Å². The minimum atomic E-state index is -0.556. The highest BCUT2D eigenvalue weighted by Gasteiger charge is 2.43. The summed E-state index contributed by atoms with van der Waals surface area (Å²) < 4.78 is 13.1. The van der Waals surface area contributed by atoms with Gasteiger partial charge < -0.3 is 15.5 Å². The molecule has 0 bridgehead atoms. The monoisotopic (exact) mass is 448 g/mol. The lowest BCUT2D eigenvalue weighted by molar-refractivity contribution is -0.126. The van der Waals surface area contributed by atoms with Gasteiger partial charge in [-0.05, 0) is 36.8 Å². The van der Waals surface area contributed by atoms with Crippen LogP contribution in [0.4, 0.5) is 14.9 Å². The van der Waals surface area contributed by atoms with Crippen molar-refractivity contribution in [2.75, 3.05) is 25.0 Å². The molecule has 0 fully saturated rings. The molecule has 2 aromatic carbocycles. The molecule has 2 heterocycles. The highest BCUT2D eigenvalue weighted by atomic mass is 19.1. The van der Waals surface area contributed by atoms with E-state index in [0.29, 0.717) is 17.0 Å². The van der Waals surface area contributed by atoms with E-state index in [1.165, 1.54) is 29.2 Å². The Morgan fingerprint density at radius 2 is 1.88 bits per heavy atom. The predicted molar refractivity (Wildman–Crippen MR) is 123 cm³/mol. The Kier molecular flexibility index (Phi) is 6.26. The van der Waals surface area contributed by atoms with E-state index in [2.05, 4.69) is 17.2 Å². The van der Waals surface area contributed by atoms with Gasteiger partial charge in [-0.1, -0.05) is 35.9 Å². The standard InChI is InChI=1S/C25H25FN4O3/c1-3-13-30-20-15-29(14-12-21(31)27-19-10-8-18(26)9-11-19)24(32)22(20)23(28-25(30)33)17-6-4-16(2)5-7-17/h3-11,23H,1,12-15H2,2H3,(H,27,31)(H,28,33)/t23-/m1/s1. The largest absolute Gasteiger partial charge is 0.332 e. The third kappa shape index (κ3) is 4.64. The third-order valence-corrected chi connectivity index (χ3v) is 5.76. The SMILES string of the molecule is C=CCN1C(=O)N[C@H](c2ccc(C)cc2)C2=C1CN(CCC(=O)Nc1ccc(F)cc1)C2=O. The van der Waals surface area contributed by atoms with E-state index in [1.54, 1.807) is 11.0 Å². The molecule has 4 rings (SSSR count). The maximum atomic E-state index is 13.3. The summed E-state index contributed by atoms with van der Waals surface area (Å²) >= 11 is 0. The molecule has 2 aliphatic rings. The van der Waals surface area contributed by atoms with Crippen LogP contribution in [0, 0.1) is 12.7 Å². The first-order valence-electron chi connectivity index (χ1n) is 10.7. The second-order valence-electron chi connectivity index (χ2n) is 8.08. The van der Waals surface area contributed by atoms with Gasteiger partial charge in [-0.25, -0.2) is 9.18 Å². The second kappa shape index (κ2) is 9.28. The first-order valence-corrected chi connectivity index (χ1v) is 10.7. The molecule has 2 aromatic rings. The molecule has 0 saturated carbocycles. The zero-order valence-corrected chi connectivity index (χ0v) is 18.3. The van der Waals surface area contributed by atoms with Crippen molar-refractivity contribution < 1.29 is 18.8 Å². The van der Waals surface area contributed by atoms with Gasteiger partial charge in [0.15, 0.2) is 0 Å². The van der Waals surface area contributed by atoms with Gasteiger partial charge in [-0.2, -0.15) is 0 Å². The summed E-state index contributed by atoms with van der Waals surface area (Å²) in [6.45, 7) is 6.39. The molecule has 1 atom stereocenters. The number of anilines is 1. The molecule has 0 aliphatic carbocycles. The summed E-state index contributed by atoms with van der Waals surface area (Å²) in [6, 6.07) is 12.3. The molecule has 2 aliphatic heterocycles. The third-order valence-electron chi connectivity index (χ3n) is 5.76. The molecule has 0 radical (unpaired) electrons. The van der Waals surface area contributed by atoms with Crippen molar-refractivity contribution in [1.29, 1.82) is 0 Å². The van der Waals surface area contributed by atoms with E-state index in [1.807, 2.05) is 31.2 Å². The number of aryl methyl sites for hydroxylation is 1. The van der Waals surface area contributed by atoms with Gasteiger partial charge in [0.25, 0.3) is 5.91 Å². The molecule has 170 valence electrons. The molecule has 4 amide bonds. The molecule has 0 spiro atoms. The lowest BCUT2D eigenvalue weighted by Crippen LogP contribution is -2.47. The normalized spacial score (nSPS) is 17.7. The van der Waals surface area contributed by atoms with E-state index >= 15 is 0 Å². The number of carbonyl (C=O) groups is 3. The highest BCUT2D eigenvalue weighted by Crippen LogP contribution is 2.36. The average molecular weight is 448 g/mol. The fourth-order valence-corrected chi connectivity index (χ4v) is 4.05. The Labute approximate surface area is 191 Å². The van der Waals surface area contributed by atoms with Gasteiger partial charge in [0.1, 0.15) is 5.82 Å². The molecule has 0 saturated heterocycles. The number of halogens is 1. The topological polar surface area (TPSA) is 81.8 Å². The van der Waals surface area contributed by atoms with Crippen LogP contribution in [-0.4, -0.2) is 47.3 Å². The number of nitrogens with one attached hydrogen (secondary N) is 2. The molecule has 8 heteroatoms. The van der Waals surface area contributed by atoms with Gasteiger partial charge in [-0.3, -0.25) is 14.5 Å². The number of hydrogen-bond acceptors (Lipinski definition) is 3. The molecule has 7 nitrogen and oxygen atoms in total. The molecular formula is C25H25FN4O3.